The third-order valence-corrected chi connectivity index (χ3v) is 9.77. The number of hydrogen-bond donors (Lipinski definition) is 3. The van der Waals surface area contributed by atoms with Gasteiger partial charge in [0.2, 0.25) is 0 Å². The van der Waals surface area contributed by atoms with E-state index in [1.807, 2.05) is 24.3 Å². The van der Waals surface area contributed by atoms with Crippen molar-refractivity contribution in [2.45, 2.75) is 58.5 Å². The lowest BCUT2D eigenvalue weighted by molar-refractivity contribution is -0.138. The number of pyridine rings is 1. The fraction of sp³-hybridized carbons (Fsp3) is 0.350. The van der Waals surface area contributed by atoms with Gasteiger partial charge in [-0.15, -0.1) is 0 Å². The Labute approximate surface area is 308 Å². The zero-order chi connectivity index (χ0) is 36.6. The van der Waals surface area contributed by atoms with Gasteiger partial charge < -0.3 is 34.6 Å². The maximum Gasteiger partial charge on any atom is 0.330 e. The van der Waals surface area contributed by atoms with Crippen LogP contribution in [0.1, 0.15) is 52.6 Å². The number of hydrogen-bond acceptors (Lipinski definition) is 10. The van der Waals surface area contributed by atoms with Crippen molar-refractivity contribution >= 4 is 23.4 Å². The molecule has 1 atom stereocenters. The molecule has 3 aromatic carbocycles. The number of ether oxygens (including phenoxy) is 3. The molecule has 52 heavy (non-hydrogen) atoms. The highest BCUT2D eigenvalue weighted by Gasteiger charge is 2.27. The second kappa shape index (κ2) is 16.9. The number of carboxylic acids is 1. The average molecular weight is 724 g/mol. The van der Waals surface area contributed by atoms with Crippen LogP contribution >= 0.6 is 11.6 Å². The van der Waals surface area contributed by atoms with Gasteiger partial charge in [0.05, 0.1) is 28.9 Å². The summed E-state index contributed by atoms with van der Waals surface area (Å²) in [5, 5.41) is 31.9. The SMILES string of the molecule is Cc1c(COc2cc(OCc3cncc(C#N)c3)c(C3=NC(C(=O)O)CN3)cc2Cl)cccc1-c1cccc(OCCCN2CCC(O)CC2)c1C. The van der Waals surface area contributed by atoms with Crippen LogP contribution in [-0.2, 0) is 18.0 Å². The number of piperidine rings is 1. The topological polar surface area (TPSA) is 150 Å². The summed E-state index contributed by atoms with van der Waals surface area (Å²) < 4.78 is 18.8. The second-order valence-corrected chi connectivity index (χ2v) is 13.5. The zero-order valence-electron chi connectivity index (χ0n) is 29.3. The van der Waals surface area contributed by atoms with Crippen molar-refractivity contribution in [2.24, 2.45) is 4.99 Å². The Morgan fingerprint density at radius 1 is 0.962 bits per heavy atom. The minimum Gasteiger partial charge on any atom is -0.493 e. The highest BCUT2D eigenvalue weighted by atomic mass is 35.5. The van der Waals surface area contributed by atoms with Crippen molar-refractivity contribution in [1.82, 2.24) is 15.2 Å². The Morgan fingerprint density at radius 2 is 1.71 bits per heavy atom. The minimum absolute atomic E-state index is 0.0962. The van der Waals surface area contributed by atoms with Gasteiger partial charge in [0, 0.05) is 50.2 Å². The first-order chi connectivity index (χ1) is 25.2. The van der Waals surface area contributed by atoms with E-state index in [0.717, 1.165) is 72.5 Å². The molecule has 0 aliphatic carbocycles. The Bertz CT molecular complexity index is 1990. The van der Waals surface area contributed by atoms with Gasteiger partial charge in [0.25, 0.3) is 0 Å². The number of aliphatic hydroxyl groups excluding tert-OH is 1. The maximum absolute atomic E-state index is 11.6. The Morgan fingerprint density at radius 3 is 2.46 bits per heavy atom. The Balaban J connectivity index is 1.17. The van der Waals surface area contributed by atoms with E-state index >= 15 is 0 Å². The predicted octanol–water partition coefficient (Wildman–Crippen LogP) is 6.08. The number of nitrogens with zero attached hydrogens (tertiary/aromatic N) is 4. The van der Waals surface area contributed by atoms with Crippen LogP contribution in [0.25, 0.3) is 11.1 Å². The van der Waals surface area contributed by atoms with Gasteiger partial charge in [-0.1, -0.05) is 41.9 Å². The smallest absolute Gasteiger partial charge is 0.330 e. The number of aromatic nitrogens is 1. The van der Waals surface area contributed by atoms with Gasteiger partial charge in [0.1, 0.15) is 42.4 Å². The van der Waals surface area contributed by atoms with E-state index in [2.05, 4.69) is 52.2 Å². The molecule has 0 amide bonds. The average Bonchev–Trinajstić information content (AvgIpc) is 3.65. The van der Waals surface area contributed by atoms with E-state index < -0.39 is 12.0 Å². The van der Waals surface area contributed by atoms with Crippen LogP contribution < -0.4 is 19.5 Å². The molecular weight excluding hydrogens is 682 g/mol. The highest BCUT2D eigenvalue weighted by Crippen LogP contribution is 2.37. The van der Waals surface area contributed by atoms with Crippen LogP contribution in [0.15, 0.2) is 72.0 Å². The molecule has 3 N–H and O–H groups in total. The number of nitrogens with one attached hydrogen (secondary N) is 1. The van der Waals surface area contributed by atoms with Crippen LogP contribution in [0.5, 0.6) is 17.2 Å². The number of carboxylic acid groups (broad SMARTS) is 1. The normalized spacial score (nSPS) is 16.1. The molecule has 1 fully saturated rings. The number of likely N-dealkylation sites (tertiary alicyclic amines) is 1. The number of amidine groups is 1. The first-order valence-corrected chi connectivity index (χ1v) is 17.8. The number of aliphatic carboxylic acids is 1. The molecule has 2 aliphatic heterocycles. The fourth-order valence-corrected chi connectivity index (χ4v) is 6.67. The number of benzene rings is 3. The van der Waals surface area contributed by atoms with Gasteiger partial charge >= 0.3 is 5.97 Å². The molecule has 0 radical (unpaired) electrons. The summed E-state index contributed by atoms with van der Waals surface area (Å²) in [4.78, 5) is 22.4. The third-order valence-electron chi connectivity index (χ3n) is 9.48. The van der Waals surface area contributed by atoms with Crippen LogP contribution in [0.3, 0.4) is 0 Å². The molecule has 0 spiro atoms. The van der Waals surface area contributed by atoms with E-state index in [9.17, 15) is 20.3 Å². The van der Waals surface area contributed by atoms with Crippen LogP contribution in [-0.4, -0.2) is 76.8 Å². The van der Waals surface area contributed by atoms with Gasteiger partial charge in [-0.3, -0.25) is 9.98 Å². The van der Waals surface area contributed by atoms with Gasteiger partial charge in [-0.25, -0.2) is 4.79 Å². The molecule has 270 valence electrons. The molecule has 11 nitrogen and oxygen atoms in total. The second-order valence-electron chi connectivity index (χ2n) is 13.1. The van der Waals surface area contributed by atoms with E-state index in [1.165, 1.54) is 6.20 Å². The monoisotopic (exact) mass is 723 g/mol. The molecule has 12 heteroatoms. The number of aliphatic hydroxyl groups is 1. The van der Waals surface area contributed by atoms with Crippen molar-refractivity contribution in [2.75, 3.05) is 32.8 Å². The molecule has 0 saturated carbocycles. The summed E-state index contributed by atoms with van der Waals surface area (Å²) in [6.45, 7) is 8.06. The number of nitriles is 1. The largest absolute Gasteiger partial charge is 0.493 e. The summed E-state index contributed by atoms with van der Waals surface area (Å²) in [6, 6.07) is 18.4. The van der Waals surface area contributed by atoms with E-state index in [0.29, 0.717) is 45.7 Å². The zero-order valence-corrected chi connectivity index (χ0v) is 30.0. The number of carbonyl (C=O) groups is 1. The molecule has 3 heterocycles. The Hall–Kier alpha value is -5.15. The van der Waals surface area contributed by atoms with Gasteiger partial charge in [-0.2, -0.15) is 5.26 Å². The highest BCUT2D eigenvalue weighted by molar-refractivity contribution is 6.32. The van der Waals surface area contributed by atoms with E-state index in [-0.39, 0.29) is 25.9 Å². The van der Waals surface area contributed by atoms with Crippen LogP contribution in [0, 0.1) is 25.2 Å². The van der Waals surface area contributed by atoms with Crippen molar-refractivity contribution in [3.63, 3.8) is 0 Å². The van der Waals surface area contributed by atoms with Gasteiger partial charge in [-0.05, 0) is 79.1 Å². The predicted molar refractivity (Wildman–Crippen MR) is 198 cm³/mol. The molecule has 1 aromatic heterocycles. The van der Waals surface area contributed by atoms with Gasteiger partial charge in [0.15, 0.2) is 6.04 Å². The molecule has 6 rings (SSSR count). The molecule has 4 aromatic rings. The lowest BCUT2D eigenvalue weighted by Gasteiger charge is -2.29. The van der Waals surface area contributed by atoms with Crippen molar-refractivity contribution in [3.05, 3.63) is 105 Å². The summed E-state index contributed by atoms with van der Waals surface area (Å²) in [5.41, 5.74) is 6.85. The summed E-state index contributed by atoms with van der Waals surface area (Å²) in [7, 11) is 0. The quantitative estimate of drug-likeness (QED) is 0.131. The maximum atomic E-state index is 11.6. The van der Waals surface area contributed by atoms with Crippen LogP contribution in [0.2, 0.25) is 5.02 Å². The first-order valence-electron chi connectivity index (χ1n) is 17.4. The molecule has 1 saturated heterocycles. The number of rotatable bonds is 14. The lowest BCUT2D eigenvalue weighted by Crippen LogP contribution is -2.36. The van der Waals surface area contributed by atoms with Crippen molar-refractivity contribution < 1.29 is 29.2 Å². The first kappa shape index (κ1) is 36.6. The Kier molecular flexibility index (Phi) is 11.9. The number of aliphatic imine (C=N–C) groups is 1. The van der Waals surface area contributed by atoms with E-state index in [4.69, 9.17) is 25.8 Å². The standard InChI is InChI=1S/C40H42ClN5O6/c1-25-29(6-3-7-31(25)32-8-4-9-36(26(32)2)50-15-5-12-46-13-10-30(47)11-14-46)24-52-38-18-37(51-23-28-16-27(19-42)20-43-21-28)33(17-34(38)41)39-44-22-35(45-39)40(48)49/h3-4,6-9,16-18,20-21,30,35,47H,5,10-15,22-24H2,1-2H3,(H,44,45)(H,48,49). The van der Waals surface area contributed by atoms with Crippen LogP contribution in [0.4, 0.5) is 0 Å². The third kappa shape index (κ3) is 8.83. The summed E-state index contributed by atoms with van der Waals surface area (Å²) >= 11 is 6.76. The summed E-state index contributed by atoms with van der Waals surface area (Å²) in [5.74, 6) is 0.945. The molecule has 1 unspecified atom stereocenters. The lowest BCUT2D eigenvalue weighted by atomic mass is 9.93. The summed E-state index contributed by atoms with van der Waals surface area (Å²) in [6.07, 6.45) is 5.51. The minimum atomic E-state index is -1.03. The van der Waals surface area contributed by atoms with Crippen molar-refractivity contribution in [1.29, 1.82) is 5.26 Å². The van der Waals surface area contributed by atoms with E-state index in [1.54, 1.807) is 24.4 Å². The van der Waals surface area contributed by atoms with Crippen molar-refractivity contribution in [3.8, 4) is 34.4 Å². The fourth-order valence-electron chi connectivity index (χ4n) is 6.45. The molecule has 2 aliphatic rings. The number of halogens is 1. The molecule has 0 bridgehead atoms. The molecular formula is C40H42ClN5O6.